The van der Waals surface area contributed by atoms with Gasteiger partial charge in [-0.05, 0) is 42.0 Å². The molecule has 11 heteroatoms. The molecule has 1 aliphatic heterocycles. The molecule has 10 nitrogen and oxygen atoms in total. The third-order valence-corrected chi connectivity index (χ3v) is 5.76. The van der Waals surface area contributed by atoms with Crippen molar-refractivity contribution >= 4 is 51.2 Å². The second kappa shape index (κ2) is 10.4. The molecule has 0 radical (unpaired) electrons. The van der Waals surface area contributed by atoms with E-state index in [1.807, 2.05) is 30.3 Å². The summed E-state index contributed by atoms with van der Waals surface area (Å²) in [7, 11) is 1.36. The van der Waals surface area contributed by atoms with E-state index in [4.69, 9.17) is 9.47 Å². The molecule has 0 spiro atoms. The second-order valence-corrected chi connectivity index (χ2v) is 8.44. The van der Waals surface area contributed by atoms with Crippen LogP contribution in [0, 0.1) is 10.1 Å². The minimum atomic E-state index is -0.976. The number of barbiturate groups is 1. The lowest BCUT2D eigenvalue weighted by molar-refractivity contribution is -0.385. The fourth-order valence-corrected chi connectivity index (χ4v) is 3.75. The molecular weight excluding hydrogens is 534 g/mol. The highest BCUT2D eigenvalue weighted by Crippen LogP contribution is 2.37. The number of nitro groups is 1. The maximum Gasteiger partial charge on any atom is 0.335 e. The van der Waals surface area contributed by atoms with Crippen molar-refractivity contribution in [3.63, 3.8) is 0 Å². The van der Waals surface area contributed by atoms with Crippen molar-refractivity contribution in [2.45, 2.75) is 6.61 Å². The van der Waals surface area contributed by atoms with Crippen LogP contribution in [0.15, 0.2) is 76.8 Å². The molecule has 1 aliphatic rings. The summed E-state index contributed by atoms with van der Waals surface area (Å²) in [6, 6.07) is 17.0. The number of benzene rings is 3. The topological polar surface area (TPSA) is 128 Å². The average molecular weight is 552 g/mol. The number of ether oxygens (including phenoxy) is 2. The molecule has 1 N–H and O–H groups in total. The highest BCUT2D eigenvalue weighted by molar-refractivity contribution is 9.10. The van der Waals surface area contributed by atoms with Crippen LogP contribution < -0.4 is 19.7 Å². The normalized spacial score (nSPS) is 14.6. The first-order chi connectivity index (χ1) is 17.3. The molecular formula is C25H18BrN3O7. The molecule has 4 amide bonds. The van der Waals surface area contributed by atoms with E-state index in [2.05, 4.69) is 21.2 Å². The number of nitro benzene ring substituents is 1. The van der Waals surface area contributed by atoms with E-state index in [9.17, 15) is 24.5 Å². The molecule has 3 aromatic rings. The maximum absolute atomic E-state index is 13.1. The van der Waals surface area contributed by atoms with Gasteiger partial charge in [-0.15, -0.1) is 0 Å². The zero-order chi connectivity index (χ0) is 25.8. The maximum atomic E-state index is 13.1. The van der Waals surface area contributed by atoms with E-state index in [0.717, 1.165) is 27.1 Å². The van der Waals surface area contributed by atoms with Crippen molar-refractivity contribution < 1.29 is 28.8 Å². The van der Waals surface area contributed by atoms with Crippen molar-refractivity contribution in [3.8, 4) is 11.5 Å². The van der Waals surface area contributed by atoms with Gasteiger partial charge in [-0.1, -0.05) is 46.3 Å². The second-order valence-electron chi connectivity index (χ2n) is 7.53. The van der Waals surface area contributed by atoms with Gasteiger partial charge in [0.05, 0.1) is 29.4 Å². The molecule has 36 heavy (non-hydrogen) atoms. The van der Waals surface area contributed by atoms with Crippen LogP contribution in [0.25, 0.3) is 6.08 Å². The lowest BCUT2D eigenvalue weighted by atomic mass is 10.0. The Bertz CT molecular complexity index is 1390. The van der Waals surface area contributed by atoms with Crippen LogP contribution in [0.4, 0.5) is 16.2 Å². The van der Waals surface area contributed by atoms with Crippen molar-refractivity contribution in [1.29, 1.82) is 0 Å². The number of nitrogens with zero attached hydrogens (tertiary/aromatic N) is 2. The van der Waals surface area contributed by atoms with Crippen LogP contribution in [0.1, 0.15) is 11.1 Å². The summed E-state index contributed by atoms with van der Waals surface area (Å²) in [5.41, 5.74) is 0.110. The molecule has 0 unspecified atom stereocenters. The lowest BCUT2D eigenvalue weighted by Gasteiger charge is -2.26. The first-order valence-corrected chi connectivity index (χ1v) is 11.3. The number of halogens is 1. The van der Waals surface area contributed by atoms with Gasteiger partial charge in [0.2, 0.25) is 0 Å². The number of methoxy groups -OCH3 is 1. The van der Waals surface area contributed by atoms with Gasteiger partial charge in [-0.3, -0.25) is 25.0 Å². The standard InChI is InChI=1S/C25H18BrN3O7/c1-35-21-12-16(20(29(33)34)13-22(21)36-14-15-5-3-2-4-6-15)11-19-23(30)27-25(32)28(24(19)31)18-9-7-17(26)8-10-18/h2-13H,14H2,1H3,(H,27,30,32). The van der Waals surface area contributed by atoms with Gasteiger partial charge in [0, 0.05) is 4.47 Å². The number of rotatable bonds is 7. The number of nitrogens with one attached hydrogen (secondary N) is 1. The predicted molar refractivity (Wildman–Crippen MR) is 134 cm³/mol. The molecule has 1 saturated heterocycles. The molecule has 0 saturated carbocycles. The Morgan fingerprint density at radius 1 is 1.03 bits per heavy atom. The highest BCUT2D eigenvalue weighted by atomic mass is 79.9. The summed E-state index contributed by atoms with van der Waals surface area (Å²) in [4.78, 5) is 50.0. The van der Waals surface area contributed by atoms with E-state index in [1.165, 1.54) is 25.3 Å². The summed E-state index contributed by atoms with van der Waals surface area (Å²) in [6.45, 7) is 0.139. The van der Waals surface area contributed by atoms with Crippen molar-refractivity contribution in [2.24, 2.45) is 0 Å². The van der Waals surface area contributed by atoms with Crippen LogP contribution in [0.3, 0.4) is 0 Å². The third kappa shape index (κ3) is 5.10. The molecule has 0 aliphatic carbocycles. The quantitative estimate of drug-likeness (QED) is 0.196. The molecule has 3 aromatic carbocycles. The molecule has 4 rings (SSSR count). The Labute approximate surface area is 213 Å². The van der Waals surface area contributed by atoms with E-state index >= 15 is 0 Å². The Balaban J connectivity index is 1.72. The summed E-state index contributed by atoms with van der Waals surface area (Å²) in [5.74, 6) is -1.63. The zero-order valence-electron chi connectivity index (χ0n) is 18.8. The Kier molecular flexibility index (Phi) is 7.11. The fraction of sp³-hybridized carbons (Fsp3) is 0.0800. The minimum absolute atomic E-state index is 0.0764. The van der Waals surface area contributed by atoms with Crippen molar-refractivity contribution in [3.05, 3.63) is 98.0 Å². The summed E-state index contributed by atoms with van der Waals surface area (Å²) in [6.07, 6.45) is 1.05. The largest absolute Gasteiger partial charge is 0.493 e. The fourth-order valence-electron chi connectivity index (χ4n) is 3.48. The van der Waals surface area contributed by atoms with Gasteiger partial charge >= 0.3 is 6.03 Å². The van der Waals surface area contributed by atoms with E-state index in [0.29, 0.717) is 0 Å². The van der Waals surface area contributed by atoms with Crippen LogP contribution in [0.5, 0.6) is 11.5 Å². The lowest BCUT2D eigenvalue weighted by Crippen LogP contribution is -2.54. The molecule has 0 aromatic heterocycles. The summed E-state index contributed by atoms with van der Waals surface area (Å²) in [5, 5.41) is 13.9. The third-order valence-electron chi connectivity index (χ3n) is 5.23. The zero-order valence-corrected chi connectivity index (χ0v) is 20.4. The van der Waals surface area contributed by atoms with Gasteiger partial charge in [-0.25, -0.2) is 9.69 Å². The number of hydrogen-bond acceptors (Lipinski definition) is 7. The van der Waals surface area contributed by atoms with Crippen molar-refractivity contribution in [2.75, 3.05) is 12.0 Å². The van der Waals surface area contributed by atoms with E-state index < -0.39 is 34.0 Å². The van der Waals surface area contributed by atoms with Gasteiger partial charge < -0.3 is 9.47 Å². The number of carbonyl (C=O) groups excluding carboxylic acids is 3. The molecule has 0 atom stereocenters. The van der Waals surface area contributed by atoms with Gasteiger partial charge in [0.25, 0.3) is 17.5 Å². The van der Waals surface area contributed by atoms with Gasteiger partial charge in [0.15, 0.2) is 11.5 Å². The molecule has 0 bridgehead atoms. The van der Waals surface area contributed by atoms with Crippen molar-refractivity contribution in [1.82, 2.24) is 5.32 Å². The number of imide groups is 2. The molecule has 182 valence electrons. The number of anilines is 1. The Morgan fingerprint density at radius 3 is 2.36 bits per heavy atom. The number of carbonyl (C=O) groups is 3. The Hall–Kier alpha value is -4.51. The van der Waals surface area contributed by atoms with E-state index in [-0.39, 0.29) is 29.4 Å². The van der Waals surface area contributed by atoms with E-state index in [1.54, 1.807) is 12.1 Å². The van der Waals surface area contributed by atoms with Crippen LogP contribution in [-0.4, -0.2) is 29.9 Å². The van der Waals surface area contributed by atoms with Gasteiger partial charge in [-0.2, -0.15) is 0 Å². The average Bonchev–Trinajstić information content (AvgIpc) is 2.86. The molecule has 1 fully saturated rings. The predicted octanol–water partition coefficient (Wildman–Crippen LogP) is 4.61. The first-order valence-electron chi connectivity index (χ1n) is 10.5. The minimum Gasteiger partial charge on any atom is -0.493 e. The summed E-state index contributed by atoms with van der Waals surface area (Å²) < 4.78 is 11.8. The van der Waals surface area contributed by atoms with Crippen LogP contribution >= 0.6 is 15.9 Å². The molecule has 1 heterocycles. The Morgan fingerprint density at radius 2 is 1.72 bits per heavy atom. The smallest absolute Gasteiger partial charge is 0.335 e. The first kappa shape index (κ1) is 24.6. The number of amides is 4. The SMILES string of the molecule is COc1cc(C=C2C(=O)NC(=O)N(c3ccc(Br)cc3)C2=O)c([N+](=O)[O-])cc1OCc1ccccc1. The van der Waals surface area contributed by atoms with Gasteiger partial charge in [0.1, 0.15) is 12.2 Å². The monoisotopic (exact) mass is 551 g/mol. The van der Waals surface area contributed by atoms with Crippen LogP contribution in [0.2, 0.25) is 0 Å². The number of urea groups is 1. The highest BCUT2D eigenvalue weighted by Gasteiger charge is 2.37. The van der Waals surface area contributed by atoms with Crippen LogP contribution in [-0.2, 0) is 16.2 Å². The summed E-state index contributed by atoms with van der Waals surface area (Å²) >= 11 is 3.28. The number of hydrogen-bond donors (Lipinski definition) is 1.